The molecule has 0 atom stereocenters. The highest BCUT2D eigenvalue weighted by molar-refractivity contribution is 6.30. The number of imidazole rings is 1. The molecule has 0 fully saturated rings. The van der Waals surface area contributed by atoms with Crippen LogP contribution >= 0.6 is 11.6 Å². The van der Waals surface area contributed by atoms with Gasteiger partial charge in [-0.3, -0.25) is 0 Å². The van der Waals surface area contributed by atoms with Crippen LogP contribution < -0.4 is 15.5 Å². The molecule has 0 aliphatic rings. The summed E-state index contributed by atoms with van der Waals surface area (Å²) >= 11 is 6.04. The average molecular weight is 497 g/mol. The predicted molar refractivity (Wildman–Crippen MR) is 146 cm³/mol. The maximum Gasteiger partial charge on any atom is 0.323 e. The summed E-state index contributed by atoms with van der Waals surface area (Å²) in [7, 11) is 1.99. The van der Waals surface area contributed by atoms with Crippen molar-refractivity contribution in [3.8, 4) is 11.3 Å². The van der Waals surface area contributed by atoms with Crippen LogP contribution in [0.5, 0.6) is 0 Å². The molecule has 2 heterocycles. The van der Waals surface area contributed by atoms with E-state index in [-0.39, 0.29) is 6.03 Å². The Balaban J connectivity index is 1.40. The monoisotopic (exact) mass is 496 g/mol. The fourth-order valence-electron chi connectivity index (χ4n) is 4.00. The van der Waals surface area contributed by atoms with Crippen molar-refractivity contribution in [1.82, 2.24) is 14.4 Å². The molecule has 5 aromatic rings. The summed E-state index contributed by atoms with van der Waals surface area (Å²) in [6.45, 7) is 2.60. The summed E-state index contributed by atoms with van der Waals surface area (Å²) in [4.78, 5) is 24.1. The number of benzene rings is 3. The van der Waals surface area contributed by atoms with Gasteiger partial charge in [0.1, 0.15) is 0 Å². The van der Waals surface area contributed by atoms with Crippen molar-refractivity contribution in [2.24, 2.45) is 0 Å². The van der Waals surface area contributed by atoms with Crippen LogP contribution in [0.1, 0.15) is 11.1 Å². The van der Waals surface area contributed by atoms with Gasteiger partial charge in [0, 0.05) is 54.1 Å². The van der Waals surface area contributed by atoms with Crippen molar-refractivity contribution in [2.75, 3.05) is 22.6 Å². The number of para-hydroxylation sites is 1. The molecule has 0 aliphatic carbocycles. The lowest BCUT2D eigenvalue weighted by Gasteiger charge is -2.20. The summed E-state index contributed by atoms with van der Waals surface area (Å²) in [5, 5.41) is 6.52. The van der Waals surface area contributed by atoms with E-state index in [4.69, 9.17) is 16.6 Å². The van der Waals surface area contributed by atoms with E-state index in [1.165, 1.54) is 0 Å². The number of aryl methyl sites for hydroxylation is 1. The zero-order chi connectivity index (χ0) is 25.1. The van der Waals surface area contributed by atoms with E-state index in [0.29, 0.717) is 17.3 Å². The molecule has 0 radical (unpaired) electrons. The fourth-order valence-corrected chi connectivity index (χ4v) is 4.13. The Labute approximate surface area is 214 Å². The van der Waals surface area contributed by atoms with Crippen molar-refractivity contribution >= 4 is 40.5 Å². The van der Waals surface area contributed by atoms with Crippen LogP contribution in [0.25, 0.3) is 16.9 Å². The summed E-state index contributed by atoms with van der Waals surface area (Å²) in [5.74, 6) is 0.753. The predicted octanol–water partition coefficient (Wildman–Crippen LogP) is 6.64. The molecule has 2 aromatic heterocycles. The standard InChI is InChI=1S/C28H25ClN6O/c1-19-6-3-4-9-24(19)33-28(36)31-23-8-5-7-21(16-23)25-18-35-15-14-30-26(35)27(32-25)34(2)17-20-10-12-22(29)13-11-20/h3-16,18H,17H2,1-2H3,(H2,31,33,36). The van der Waals surface area contributed by atoms with Crippen molar-refractivity contribution in [1.29, 1.82) is 0 Å². The molecule has 36 heavy (non-hydrogen) atoms. The van der Waals surface area contributed by atoms with Gasteiger partial charge in [-0.1, -0.05) is 54.1 Å². The molecule has 0 saturated heterocycles. The minimum Gasteiger partial charge on any atom is -0.352 e. The van der Waals surface area contributed by atoms with Crippen LogP contribution in [0, 0.1) is 6.92 Å². The third kappa shape index (κ3) is 5.16. The highest BCUT2D eigenvalue weighted by Gasteiger charge is 2.14. The maximum absolute atomic E-state index is 12.6. The molecule has 180 valence electrons. The van der Waals surface area contributed by atoms with Crippen LogP contribution in [-0.2, 0) is 6.54 Å². The van der Waals surface area contributed by atoms with E-state index < -0.39 is 0 Å². The van der Waals surface area contributed by atoms with Crippen LogP contribution in [0.2, 0.25) is 5.02 Å². The molecule has 0 unspecified atom stereocenters. The molecule has 5 rings (SSSR count). The Morgan fingerprint density at radius 1 is 1.03 bits per heavy atom. The summed E-state index contributed by atoms with van der Waals surface area (Å²) in [6.07, 6.45) is 5.60. The van der Waals surface area contributed by atoms with Gasteiger partial charge in [-0.15, -0.1) is 0 Å². The van der Waals surface area contributed by atoms with Crippen LogP contribution in [0.15, 0.2) is 91.4 Å². The van der Waals surface area contributed by atoms with Gasteiger partial charge in [0.25, 0.3) is 0 Å². The van der Waals surface area contributed by atoms with E-state index in [1.807, 2.05) is 104 Å². The van der Waals surface area contributed by atoms with Gasteiger partial charge in [-0.25, -0.2) is 14.8 Å². The normalized spacial score (nSPS) is 10.9. The maximum atomic E-state index is 12.6. The lowest BCUT2D eigenvalue weighted by molar-refractivity contribution is 0.262. The zero-order valence-corrected chi connectivity index (χ0v) is 20.7. The molecule has 0 saturated carbocycles. The number of aromatic nitrogens is 3. The van der Waals surface area contributed by atoms with Gasteiger partial charge < -0.3 is 19.9 Å². The number of hydrogen-bond donors (Lipinski definition) is 2. The number of nitrogens with zero attached hydrogens (tertiary/aromatic N) is 4. The highest BCUT2D eigenvalue weighted by Crippen LogP contribution is 2.27. The third-order valence-corrected chi connectivity index (χ3v) is 6.11. The lowest BCUT2D eigenvalue weighted by Crippen LogP contribution is -2.20. The third-order valence-electron chi connectivity index (χ3n) is 5.86. The number of urea groups is 1. The van der Waals surface area contributed by atoms with Crippen molar-refractivity contribution < 1.29 is 4.79 Å². The van der Waals surface area contributed by atoms with E-state index in [9.17, 15) is 4.79 Å². The van der Waals surface area contributed by atoms with Gasteiger partial charge >= 0.3 is 6.03 Å². The number of halogens is 1. The molecule has 7 nitrogen and oxygen atoms in total. The van der Waals surface area contributed by atoms with Crippen LogP contribution in [0.4, 0.5) is 22.0 Å². The van der Waals surface area contributed by atoms with E-state index >= 15 is 0 Å². The second-order valence-corrected chi connectivity index (χ2v) is 9.00. The Bertz CT molecular complexity index is 1530. The van der Waals surface area contributed by atoms with Gasteiger partial charge in [0.05, 0.1) is 5.69 Å². The first-order valence-electron chi connectivity index (χ1n) is 11.5. The summed E-state index contributed by atoms with van der Waals surface area (Å²) < 4.78 is 1.96. The molecule has 8 heteroatoms. The quantitative estimate of drug-likeness (QED) is 0.276. The molecule has 2 amide bonds. The van der Waals surface area contributed by atoms with Gasteiger partial charge in [-0.05, 0) is 48.4 Å². The van der Waals surface area contributed by atoms with E-state index in [1.54, 1.807) is 6.20 Å². The average Bonchev–Trinajstić information content (AvgIpc) is 3.35. The number of fused-ring (bicyclic) bond motifs is 1. The number of hydrogen-bond acceptors (Lipinski definition) is 4. The summed E-state index contributed by atoms with van der Waals surface area (Å²) in [5.41, 5.74) is 5.96. The Kier molecular flexibility index (Phi) is 6.56. The van der Waals surface area contributed by atoms with Crippen molar-refractivity contribution in [2.45, 2.75) is 13.5 Å². The Morgan fingerprint density at radius 2 is 1.83 bits per heavy atom. The molecular weight excluding hydrogens is 472 g/mol. The second kappa shape index (κ2) is 10.1. The zero-order valence-electron chi connectivity index (χ0n) is 19.9. The molecule has 0 aliphatic heterocycles. The van der Waals surface area contributed by atoms with Crippen LogP contribution in [-0.4, -0.2) is 27.4 Å². The van der Waals surface area contributed by atoms with Gasteiger partial charge in [0.15, 0.2) is 11.5 Å². The van der Waals surface area contributed by atoms with Crippen molar-refractivity contribution in [3.05, 3.63) is 108 Å². The smallest absolute Gasteiger partial charge is 0.323 e. The lowest BCUT2D eigenvalue weighted by atomic mass is 10.1. The summed E-state index contributed by atoms with van der Waals surface area (Å²) in [6, 6.07) is 22.8. The fraction of sp³-hybridized carbons (Fsp3) is 0.107. The topological polar surface area (TPSA) is 74.6 Å². The molecule has 2 N–H and O–H groups in total. The molecule has 0 bridgehead atoms. The minimum atomic E-state index is -0.303. The second-order valence-electron chi connectivity index (χ2n) is 8.57. The number of amides is 2. The molecule has 0 spiro atoms. The largest absolute Gasteiger partial charge is 0.352 e. The highest BCUT2D eigenvalue weighted by atomic mass is 35.5. The van der Waals surface area contributed by atoms with Gasteiger partial charge in [0.2, 0.25) is 0 Å². The van der Waals surface area contributed by atoms with Crippen molar-refractivity contribution in [3.63, 3.8) is 0 Å². The number of carbonyl (C=O) groups is 1. The van der Waals surface area contributed by atoms with Gasteiger partial charge in [-0.2, -0.15) is 0 Å². The minimum absolute atomic E-state index is 0.303. The Morgan fingerprint density at radius 3 is 2.64 bits per heavy atom. The first kappa shape index (κ1) is 23.4. The van der Waals surface area contributed by atoms with E-state index in [2.05, 4.69) is 20.5 Å². The SMILES string of the molecule is Cc1ccccc1NC(=O)Nc1cccc(-c2cn3ccnc3c(N(C)Cc3ccc(Cl)cc3)n2)c1. The van der Waals surface area contributed by atoms with Crippen LogP contribution in [0.3, 0.4) is 0 Å². The molecular formula is C28H25ClN6O. The first-order chi connectivity index (χ1) is 17.5. The number of carbonyl (C=O) groups excluding carboxylic acids is 1. The molecule has 3 aromatic carbocycles. The number of anilines is 3. The Hall–Kier alpha value is -4.36. The first-order valence-corrected chi connectivity index (χ1v) is 11.9. The van der Waals surface area contributed by atoms with E-state index in [0.717, 1.165) is 39.5 Å². The number of nitrogens with one attached hydrogen (secondary N) is 2. The number of rotatable bonds is 6.